The first-order valence-corrected chi connectivity index (χ1v) is 8.56. The highest BCUT2D eigenvalue weighted by atomic mass is 16.3. The highest BCUT2D eigenvalue weighted by molar-refractivity contribution is 6.03. The van der Waals surface area contributed by atoms with Crippen LogP contribution in [-0.4, -0.2) is 17.9 Å². The van der Waals surface area contributed by atoms with Crippen LogP contribution < -0.4 is 10.6 Å². The number of nitrogens with one attached hydrogen (secondary N) is 2. The highest BCUT2D eigenvalue weighted by Crippen LogP contribution is 2.21. The second-order valence-electron chi connectivity index (χ2n) is 6.34. The van der Waals surface area contributed by atoms with E-state index in [1.54, 1.807) is 30.3 Å². The maximum atomic E-state index is 12.1. The Labute approximate surface area is 150 Å². The van der Waals surface area contributed by atoms with Crippen LogP contribution in [-0.2, 0) is 4.79 Å². The van der Waals surface area contributed by atoms with Gasteiger partial charge < -0.3 is 15.1 Å². The molecule has 1 heterocycles. The van der Waals surface area contributed by atoms with Gasteiger partial charge in [-0.15, -0.1) is 0 Å². The lowest BCUT2D eigenvalue weighted by Crippen LogP contribution is -2.25. The Morgan fingerprint density at radius 2 is 1.88 bits per heavy atom. The molecule has 0 aliphatic heterocycles. The van der Waals surface area contributed by atoms with E-state index in [-0.39, 0.29) is 11.8 Å². The summed E-state index contributed by atoms with van der Waals surface area (Å²) in [6.07, 6.45) is 5.11. The molecule has 1 fully saturated rings. The minimum absolute atomic E-state index is 0.110. The number of carbonyl (C=O) groups is 2. The van der Waals surface area contributed by atoms with Gasteiger partial charge in [0.25, 0.3) is 5.91 Å². The molecule has 26 heavy (non-hydrogen) atoms. The zero-order chi connectivity index (χ0) is 17.9. The van der Waals surface area contributed by atoms with Gasteiger partial charge in [-0.3, -0.25) is 9.59 Å². The number of furan rings is 1. The standard InChI is InChI=1S/C21H18N2O3/c24-20(11-10-18-13-14-4-1-2-7-19(14)26-18)22-17-6-3-5-15(12-17)21(25)23-16-8-9-16/h1-7,10-13,16H,8-9H2,(H,22,24)(H,23,25). The van der Waals surface area contributed by atoms with Crippen molar-refractivity contribution in [3.8, 4) is 0 Å². The van der Waals surface area contributed by atoms with Crippen LogP contribution in [0.1, 0.15) is 29.0 Å². The topological polar surface area (TPSA) is 71.3 Å². The summed E-state index contributed by atoms with van der Waals surface area (Å²) in [5.74, 6) is 0.213. The molecule has 0 atom stereocenters. The number of hydrogen-bond donors (Lipinski definition) is 2. The van der Waals surface area contributed by atoms with Crippen LogP contribution in [0.4, 0.5) is 5.69 Å². The Morgan fingerprint density at radius 1 is 1.04 bits per heavy atom. The summed E-state index contributed by atoms with van der Waals surface area (Å²) in [6.45, 7) is 0. The molecule has 0 unspecified atom stereocenters. The molecular weight excluding hydrogens is 328 g/mol. The van der Waals surface area contributed by atoms with Crippen molar-refractivity contribution in [3.05, 3.63) is 72.0 Å². The number of benzene rings is 2. The van der Waals surface area contributed by atoms with Gasteiger partial charge in [-0.1, -0.05) is 24.3 Å². The van der Waals surface area contributed by atoms with E-state index in [4.69, 9.17) is 4.42 Å². The summed E-state index contributed by atoms with van der Waals surface area (Å²) < 4.78 is 5.64. The van der Waals surface area contributed by atoms with Gasteiger partial charge in [-0.05, 0) is 49.2 Å². The summed E-state index contributed by atoms with van der Waals surface area (Å²) in [5.41, 5.74) is 1.89. The maximum Gasteiger partial charge on any atom is 0.251 e. The molecule has 0 spiro atoms. The van der Waals surface area contributed by atoms with Gasteiger partial charge in [0.05, 0.1) is 0 Å². The number of hydrogen-bond acceptors (Lipinski definition) is 3. The number of anilines is 1. The molecular formula is C21H18N2O3. The minimum Gasteiger partial charge on any atom is -0.457 e. The van der Waals surface area contributed by atoms with Gasteiger partial charge in [-0.25, -0.2) is 0 Å². The molecule has 1 aromatic heterocycles. The lowest BCUT2D eigenvalue weighted by molar-refractivity contribution is -0.111. The average molecular weight is 346 g/mol. The molecule has 0 saturated heterocycles. The molecule has 130 valence electrons. The van der Waals surface area contributed by atoms with E-state index >= 15 is 0 Å². The van der Waals surface area contributed by atoms with Crippen LogP contribution in [0.25, 0.3) is 17.0 Å². The summed E-state index contributed by atoms with van der Waals surface area (Å²) in [5, 5.41) is 6.68. The van der Waals surface area contributed by atoms with Crippen molar-refractivity contribution >= 4 is 34.5 Å². The van der Waals surface area contributed by atoms with E-state index < -0.39 is 0 Å². The van der Waals surface area contributed by atoms with Crippen molar-refractivity contribution in [2.75, 3.05) is 5.32 Å². The van der Waals surface area contributed by atoms with E-state index in [1.807, 2.05) is 30.3 Å². The van der Waals surface area contributed by atoms with Gasteiger partial charge in [0.1, 0.15) is 11.3 Å². The third-order valence-electron chi connectivity index (χ3n) is 4.15. The normalized spacial score (nSPS) is 13.8. The van der Waals surface area contributed by atoms with Crippen LogP contribution in [0.2, 0.25) is 0 Å². The Hall–Kier alpha value is -3.34. The molecule has 0 bridgehead atoms. The number of amides is 2. The zero-order valence-electron chi connectivity index (χ0n) is 14.1. The van der Waals surface area contributed by atoms with Gasteiger partial charge in [0.2, 0.25) is 5.91 Å². The molecule has 3 aromatic rings. The van der Waals surface area contributed by atoms with Crippen LogP contribution in [0.5, 0.6) is 0 Å². The summed E-state index contributed by atoms with van der Waals surface area (Å²) >= 11 is 0. The Balaban J connectivity index is 1.41. The monoisotopic (exact) mass is 346 g/mol. The molecule has 4 rings (SSSR count). The van der Waals surface area contributed by atoms with Crippen LogP contribution in [0.15, 0.2) is 65.1 Å². The van der Waals surface area contributed by atoms with E-state index in [9.17, 15) is 9.59 Å². The second kappa shape index (κ2) is 6.88. The van der Waals surface area contributed by atoms with Crippen LogP contribution in [0, 0.1) is 0 Å². The molecule has 0 radical (unpaired) electrons. The average Bonchev–Trinajstić information content (AvgIpc) is 3.35. The number of fused-ring (bicyclic) bond motifs is 1. The van der Waals surface area contributed by atoms with Crippen molar-refractivity contribution in [1.82, 2.24) is 5.32 Å². The van der Waals surface area contributed by atoms with Crippen LogP contribution >= 0.6 is 0 Å². The van der Waals surface area contributed by atoms with Crippen molar-refractivity contribution < 1.29 is 14.0 Å². The van der Waals surface area contributed by atoms with Gasteiger partial charge in [0.15, 0.2) is 0 Å². The molecule has 1 aliphatic carbocycles. The van der Waals surface area contributed by atoms with Crippen LogP contribution in [0.3, 0.4) is 0 Å². The molecule has 5 nitrogen and oxygen atoms in total. The summed E-state index contributed by atoms with van der Waals surface area (Å²) in [4.78, 5) is 24.2. The molecule has 1 aliphatic rings. The first kappa shape index (κ1) is 16.1. The summed E-state index contributed by atoms with van der Waals surface area (Å²) in [6, 6.07) is 16.8. The fraction of sp³-hybridized carbons (Fsp3) is 0.143. The number of para-hydroxylation sites is 1. The number of carbonyl (C=O) groups excluding carboxylic acids is 2. The SMILES string of the molecule is O=C(C=Cc1cc2ccccc2o1)Nc1cccc(C(=O)NC2CC2)c1. The lowest BCUT2D eigenvalue weighted by Gasteiger charge is -2.06. The van der Waals surface area contributed by atoms with Crippen molar-refractivity contribution in [3.63, 3.8) is 0 Å². The van der Waals surface area contributed by atoms with Gasteiger partial charge in [0, 0.05) is 28.8 Å². The predicted molar refractivity (Wildman–Crippen MR) is 101 cm³/mol. The smallest absolute Gasteiger partial charge is 0.251 e. The third-order valence-corrected chi connectivity index (χ3v) is 4.15. The fourth-order valence-electron chi connectivity index (χ4n) is 2.66. The largest absolute Gasteiger partial charge is 0.457 e. The predicted octanol–water partition coefficient (Wildman–Crippen LogP) is 3.98. The maximum absolute atomic E-state index is 12.1. The lowest BCUT2D eigenvalue weighted by atomic mass is 10.2. The minimum atomic E-state index is -0.287. The van der Waals surface area contributed by atoms with Crippen molar-refractivity contribution in [2.24, 2.45) is 0 Å². The summed E-state index contributed by atoms with van der Waals surface area (Å²) in [7, 11) is 0. The van der Waals surface area contributed by atoms with E-state index in [1.165, 1.54) is 6.08 Å². The van der Waals surface area contributed by atoms with E-state index in [0.717, 1.165) is 23.8 Å². The molecule has 2 amide bonds. The molecule has 2 aromatic carbocycles. The molecule has 2 N–H and O–H groups in total. The first-order valence-electron chi connectivity index (χ1n) is 8.56. The quantitative estimate of drug-likeness (QED) is 0.687. The zero-order valence-corrected chi connectivity index (χ0v) is 14.1. The first-order chi connectivity index (χ1) is 12.7. The Morgan fingerprint density at radius 3 is 2.69 bits per heavy atom. The van der Waals surface area contributed by atoms with Gasteiger partial charge >= 0.3 is 0 Å². The Kier molecular flexibility index (Phi) is 4.27. The van der Waals surface area contributed by atoms with Crippen molar-refractivity contribution in [1.29, 1.82) is 0 Å². The molecule has 1 saturated carbocycles. The van der Waals surface area contributed by atoms with E-state index in [2.05, 4.69) is 10.6 Å². The third kappa shape index (κ3) is 3.83. The Bertz CT molecular complexity index is 966. The fourth-order valence-corrected chi connectivity index (χ4v) is 2.66. The van der Waals surface area contributed by atoms with Gasteiger partial charge in [-0.2, -0.15) is 0 Å². The number of rotatable bonds is 5. The van der Waals surface area contributed by atoms with E-state index in [0.29, 0.717) is 23.1 Å². The molecule has 5 heteroatoms. The van der Waals surface area contributed by atoms with Crippen molar-refractivity contribution in [2.45, 2.75) is 18.9 Å². The second-order valence-corrected chi connectivity index (χ2v) is 6.34. The highest BCUT2D eigenvalue weighted by Gasteiger charge is 2.23.